The summed E-state index contributed by atoms with van der Waals surface area (Å²) in [5.74, 6) is 0. The van der Waals surface area contributed by atoms with Crippen LogP contribution in [-0.2, 0) is 0 Å². The van der Waals surface area contributed by atoms with Crippen molar-refractivity contribution in [3.05, 3.63) is 36.5 Å². The van der Waals surface area contributed by atoms with Gasteiger partial charge in [0, 0.05) is 0 Å². The third-order valence-corrected chi connectivity index (χ3v) is 0.951. The molecule has 0 aliphatic rings. The third kappa shape index (κ3) is 22.9. The van der Waals surface area contributed by atoms with Gasteiger partial charge in [0.1, 0.15) is 0 Å². The molecule has 0 aromatic rings. The first-order chi connectivity index (χ1) is 4.81. The van der Waals surface area contributed by atoms with Gasteiger partial charge in [0.15, 0.2) is 0 Å². The molecule has 0 saturated heterocycles. The molecule has 0 unspecified atom stereocenters. The number of hydrogen-bond acceptors (Lipinski definition) is 0. The number of hydrogen-bond donors (Lipinski definition) is 0. The van der Waals surface area contributed by atoms with Crippen LogP contribution in [-0.4, -0.2) is 0 Å². The Kier molecular flexibility index (Phi) is 42.1. The fraction of sp³-hybridized carbons (Fsp3) is 0.500. The molecule has 0 nitrogen and oxygen atoms in total. The Morgan fingerprint density at radius 1 is 1.17 bits per heavy atom. The van der Waals surface area contributed by atoms with Crippen LogP contribution in [0.5, 0.6) is 0 Å². The molecule has 0 fully saturated rings. The summed E-state index contributed by atoms with van der Waals surface area (Å²) in [6.07, 6.45) is 7.77. The fourth-order valence-electron chi connectivity index (χ4n) is 0.316. The van der Waals surface area contributed by atoms with Gasteiger partial charge >= 0.3 is 0 Å². The molecule has 0 rings (SSSR count). The average Bonchev–Trinajstić information content (AvgIpc) is 2.04. The van der Waals surface area contributed by atoms with E-state index in [2.05, 4.69) is 19.6 Å². The molecule has 12 heavy (non-hydrogen) atoms. The second-order valence-corrected chi connectivity index (χ2v) is 1.63. The van der Waals surface area contributed by atoms with Crippen molar-refractivity contribution in [3.8, 4) is 0 Å². The first kappa shape index (κ1) is 22.5. The predicted molar refractivity (Wildman–Crippen MR) is 63.6 cm³/mol. The molecule has 0 bridgehead atoms. The molecule has 0 aromatic carbocycles. The van der Waals surface area contributed by atoms with E-state index < -0.39 is 0 Å². The molecule has 0 aliphatic carbocycles. The zero-order valence-electron chi connectivity index (χ0n) is 7.52. The van der Waals surface area contributed by atoms with Crippen molar-refractivity contribution in [2.75, 3.05) is 0 Å². The normalized spacial score (nSPS) is 8.83. The SMILES string of the molecule is C.C.C=C/C=C\C(C)=C/C.CC. The monoisotopic (exact) mass is 170 g/mol. The van der Waals surface area contributed by atoms with Crippen molar-refractivity contribution in [3.63, 3.8) is 0 Å². The van der Waals surface area contributed by atoms with Gasteiger partial charge in [0.05, 0.1) is 0 Å². The van der Waals surface area contributed by atoms with Crippen LogP contribution >= 0.6 is 0 Å². The van der Waals surface area contributed by atoms with Gasteiger partial charge in [0.25, 0.3) is 0 Å². The van der Waals surface area contributed by atoms with E-state index in [1.54, 1.807) is 6.08 Å². The smallest absolute Gasteiger partial charge is 0.0401 e. The van der Waals surface area contributed by atoms with Gasteiger partial charge in [-0.3, -0.25) is 0 Å². The van der Waals surface area contributed by atoms with E-state index in [4.69, 9.17) is 0 Å². The van der Waals surface area contributed by atoms with Crippen molar-refractivity contribution in [1.29, 1.82) is 0 Å². The highest BCUT2D eigenvalue weighted by Crippen LogP contribution is 1.92. The van der Waals surface area contributed by atoms with Crippen molar-refractivity contribution in [2.45, 2.75) is 42.5 Å². The Labute approximate surface area is 79.7 Å². The Bertz CT molecular complexity index is 116. The lowest BCUT2D eigenvalue weighted by atomic mass is 10.3. The Hall–Kier alpha value is -0.780. The molecule has 0 aliphatic heterocycles. The zero-order valence-corrected chi connectivity index (χ0v) is 7.52. The highest BCUT2D eigenvalue weighted by Gasteiger charge is 1.70. The van der Waals surface area contributed by atoms with Gasteiger partial charge in [-0.25, -0.2) is 0 Å². The summed E-state index contributed by atoms with van der Waals surface area (Å²) in [5, 5.41) is 0. The van der Waals surface area contributed by atoms with Crippen LogP contribution in [0.25, 0.3) is 0 Å². The van der Waals surface area contributed by atoms with Gasteiger partial charge in [-0.15, -0.1) is 0 Å². The highest BCUT2D eigenvalue weighted by molar-refractivity contribution is 5.18. The summed E-state index contributed by atoms with van der Waals surface area (Å²) < 4.78 is 0. The molecular weight excluding hydrogens is 144 g/mol. The summed E-state index contributed by atoms with van der Waals surface area (Å²) in [6.45, 7) is 11.6. The third-order valence-electron chi connectivity index (χ3n) is 0.951. The number of rotatable bonds is 2. The summed E-state index contributed by atoms with van der Waals surface area (Å²) in [7, 11) is 0. The van der Waals surface area contributed by atoms with Crippen LogP contribution in [0.4, 0.5) is 0 Å². The van der Waals surface area contributed by atoms with E-state index in [1.165, 1.54) is 5.57 Å². The predicted octanol–water partition coefficient (Wildman–Crippen LogP) is 4.99. The average molecular weight is 170 g/mol. The molecule has 0 saturated carbocycles. The molecule has 0 aromatic heterocycles. The molecule has 0 radical (unpaired) electrons. The summed E-state index contributed by atoms with van der Waals surface area (Å²) in [6, 6.07) is 0. The highest BCUT2D eigenvalue weighted by atomic mass is 13.8. The molecule has 0 heterocycles. The van der Waals surface area contributed by atoms with E-state index in [0.29, 0.717) is 0 Å². The van der Waals surface area contributed by atoms with Crippen LogP contribution in [0.3, 0.4) is 0 Å². The maximum absolute atomic E-state index is 3.55. The molecule has 0 N–H and O–H groups in total. The van der Waals surface area contributed by atoms with E-state index in [1.807, 2.05) is 32.9 Å². The Morgan fingerprint density at radius 3 is 1.83 bits per heavy atom. The molecule has 0 amide bonds. The Morgan fingerprint density at radius 2 is 1.58 bits per heavy atom. The number of allylic oxidation sites excluding steroid dienone is 5. The first-order valence-corrected chi connectivity index (χ1v) is 3.73. The second-order valence-electron chi connectivity index (χ2n) is 1.63. The van der Waals surface area contributed by atoms with Crippen LogP contribution in [0.15, 0.2) is 36.5 Å². The van der Waals surface area contributed by atoms with E-state index >= 15 is 0 Å². The standard InChI is InChI=1S/C8H12.C2H6.2CH4/c1-4-6-7-8(3)5-2;1-2;;/h4-7H,1H2,2-3H3;1-2H3;2*1H4/b7-6-,8-5-;;;. The first-order valence-electron chi connectivity index (χ1n) is 3.73. The van der Waals surface area contributed by atoms with E-state index in [-0.39, 0.29) is 14.9 Å². The van der Waals surface area contributed by atoms with Crippen molar-refractivity contribution in [2.24, 2.45) is 0 Å². The summed E-state index contributed by atoms with van der Waals surface area (Å²) >= 11 is 0. The lowest BCUT2D eigenvalue weighted by Crippen LogP contribution is -1.60. The molecule has 0 atom stereocenters. The Balaban J connectivity index is -0.0000000740. The maximum atomic E-state index is 3.55. The largest absolute Gasteiger partial charge is 0.0991 e. The minimum absolute atomic E-state index is 0. The topological polar surface area (TPSA) is 0 Å². The summed E-state index contributed by atoms with van der Waals surface area (Å²) in [5.41, 5.74) is 1.27. The quantitative estimate of drug-likeness (QED) is 0.512. The zero-order chi connectivity index (χ0) is 8.41. The van der Waals surface area contributed by atoms with Crippen LogP contribution in [0.1, 0.15) is 42.5 Å². The van der Waals surface area contributed by atoms with Crippen molar-refractivity contribution >= 4 is 0 Å². The van der Waals surface area contributed by atoms with E-state index in [0.717, 1.165) is 0 Å². The van der Waals surface area contributed by atoms with Gasteiger partial charge < -0.3 is 0 Å². The maximum Gasteiger partial charge on any atom is -0.0401 e. The summed E-state index contributed by atoms with van der Waals surface area (Å²) in [4.78, 5) is 0. The van der Waals surface area contributed by atoms with Crippen molar-refractivity contribution in [1.82, 2.24) is 0 Å². The van der Waals surface area contributed by atoms with Gasteiger partial charge in [-0.05, 0) is 13.8 Å². The second kappa shape index (κ2) is 22.5. The minimum Gasteiger partial charge on any atom is -0.0991 e. The lowest BCUT2D eigenvalue weighted by Gasteiger charge is -1.82. The minimum atomic E-state index is 0. The van der Waals surface area contributed by atoms with Crippen LogP contribution < -0.4 is 0 Å². The molecule has 0 heteroatoms. The molecular formula is C12H26. The van der Waals surface area contributed by atoms with Crippen LogP contribution in [0, 0.1) is 0 Å². The molecule has 0 spiro atoms. The van der Waals surface area contributed by atoms with Gasteiger partial charge in [-0.1, -0.05) is 65.2 Å². The van der Waals surface area contributed by atoms with Crippen molar-refractivity contribution < 1.29 is 0 Å². The van der Waals surface area contributed by atoms with Crippen LogP contribution in [0.2, 0.25) is 0 Å². The fourth-order valence-corrected chi connectivity index (χ4v) is 0.316. The van der Waals surface area contributed by atoms with Gasteiger partial charge in [-0.2, -0.15) is 0 Å². The lowest BCUT2D eigenvalue weighted by molar-refractivity contribution is 1.48. The van der Waals surface area contributed by atoms with Gasteiger partial charge in [0.2, 0.25) is 0 Å². The van der Waals surface area contributed by atoms with E-state index in [9.17, 15) is 0 Å². The molecule has 74 valence electrons.